The van der Waals surface area contributed by atoms with Crippen LogP contribution in [-0.4, -0.2) is 18.6 Å². The molecule has 0 amide bonds. The van der Waals surface area contributed by atoms with Crippen molar-refractivity contribution in [1.29, 1.82) is 0 Å². The second-order valence-electron chi connectivity index (χ2n) is 6.31. The van der Waals surface area contributed by atoms with Gasteiger partial charge in [0.25, 0.3) is 0 Å². The van der Waals surface area contributed by atoms with E-state index in [1.54, 1.807) is 0 Å². The van der Waals surface area contributed by atoms with E-state index in [0.29, 0.717) is 0 Å². The van der Waals surface area contributed by atoms with Gasteiger partial charge in [-0.25, -0.2) is 0 Å². The molecule has 0 bridgehead atoms. The van der Waals surface area contributed by atoms with Crippen LogP contribution in [-0.2, 0) is 6.54 Å². The SMILES string of the molecule is CCCCN(CC)c1ccc(CNC(C)(C)C)c(Br)c1. The molecule has 2 nitrogen and oxygen atoms in total. The molecule has 114 valence electrons. The molecule has 0 aliphatic rings. The van der Waals surface area contributed by atoms with Gasteiger partial charge in [0.05, 0.1) is 0 Å². The Labute approximate surface area is 133 Å². The topological polar surface area (TPSA) is 15.3 Å². The average molecular weight is 341 g/mol. The van der Waals surface area contributed by atoms with Gasteiger partial charge < -0.3 is 10.2 Å². The summed E-state index contributed by atoms with van der Waals surface area (Å²) in [7, 11) is 0. The predicted octanol–water partition coefficient (Wildman–Crippen LogP) is 4.96. The van der Waals surface area contributed by atoms with Crippen molar-refractivity contribution in [2.24, 2.45) is 0 Å². The molecule has 3 heteroatoms. The Morgan fingerprint density at radius 3 is 2.40 bits per heavy atom. The Bertz CT molecular complexity index is 410. The Balaban J connectivity index is 2.75. The molecule has 0 saturated heterocycles. The van der Waals surface area contributed by atoms with Gasteiger partial charge in [-0.05, 0) is 51.8 Å². The van der Waals surface area contributed by atoms with Crippen LogP contribution in [0.15, 0.2) is 22.7 Å². The van der Waals surface area contributed by atoms with Gasteiger partial charge in [0.1, 0.15) is 0 Å². The van der Waals surface area contributed by atoms with Crippen molar-refractivity contribution < 1.29 is 0 Å². The highest BCUT2D eigenvalue weighted by atomic mass is 79.9. The normalized spacial score (nSPS) is 11.7. The lowest BCUT2D eigenvalue weighted by molar-refractivity contribution is 0.424. The van der Waals surface area contributed by atoms with Gasteiger partial charge >= 0.3 is 0 Å². The smallest absolute Gasteiger partial charge is 0.0377 e. The molecular formula is C17H29BrN2. The summed E-state index contributed by atoms with van der Waals surface area (Å²) >= 11 is 3.71. The Hall–Kier alpha value is -0.540. The summed E-state index contributed by atoms with van der Waals surface area (Å²) < 4.78 is 1.20. The van der Waals surface area contributed by atoms with Crippen LogP contribution in [0.1, 0.15) is 53.0 Å². The van der Waals surface area contributed by atoms with E-state index in [1.165, 1.54) is 28.6 Å². The molecule has 0 spiro atoms. The number of hydrogen-bond acceptors (Lipinski definition) is 2. The Morgan fingerprint density at radius 1 is 1.20 bits per heavy atom. The molecular weight excluding hydrogens is 312 g/mol. The minimum Gasteiger partial charge on any atom is -0.372 e. The van der Waals surface area contributed by atoms with Crippen molar-refractivity contribution in [2.75, 3.05) is 18.0 Å². The third kappa shape index (κ3) is 5.84. The van der Waals surface area contributed by atoms with E-state index in [2.05, 4.69) is 79.0 Å². The number of unbranched alkanes of at least 4 members (excludes halogenated alkanes) is 1. The number of nitrogens with zero attached hydrogens (tertiary/aromatic N) is 1. The first-order valence-electron chi connectivity index (χ1n) is 7.65. The molecule has 20 heavy (non-hydrogen) atoms. The van der Waals surface area contributed by atoms with E-state index in [4.69, 9.17) is 0 Å². The maximum Gasteiger partial charge on any atom is 0.0377 e. The minimum absolute atomic E-state index is 0.148. The largest absolute Gasteiger partial charge is 0.372 e. The highest BCUT2D eigenvalue weighted by Crippen LogP contribution is 2.25. The molecule has 0 saturated carbocycles. The molecule has 0 aliphatic heterocycles. The number of benzene rings is 1. The van der Waals surface area contributed by atoms with Gasteiger partial charge in [-0.1, -0.05) is 35.3 Å². The van der Waals surface area contributed by atoms with Crippen molar-refractivity contribution in [3.63, 3.8) is 0 Å². The molecule has 0 aromatic heterocycles. The van der Waals surface area contributed by atoms with E-state index in [1.807, 2.05) is 0 Å². The van der Waals surface area contributed by atoms with E-state index in [9.17, 15) is 0 Å². The molecule has 0 radical (unpaired) electrons. The summed E-state index contributed by atoms with van der Waals surface area (Å²) in [6.07, 6.45) is 2.49. The molecule has 1 aromatic carbocycles. The van der Waals surface area contributed by atoms with E-state index in [-0.39, 0.29) is 5.54 Å². The molecule has 0 unspecified atom stereocenters. The fraction of sp³-hybridized carbons (Fsp3) is 0.647. The van der Waals surface area contributed by atoms with Crippen LogP contribution >= 0.6 is 15.9 Å². The summed E-state index contributed by atoms with van der Waals surface area (Å²) in [6, 6.07) is 6.72. The fourth-order valence-electron chi connectivity index (χ4n) is 2.06. The van der Waals surface area contributed by atoms with Crippen LogP contribution in [0.4, 0.5) is 5.69 Å². The van der Waals surface area contributed by atoms with Gasteiger partial charge in [0, 0.05) is 35.3 Å². The van der Waals surface area contributed by atoms with Gasteiger partial charge in [-0.3, -0.25) is 0 Å². The number of hydrogen-bond donors (Lipinski definition) is 1. The summed E-state index contributed by atoms with van der Waals surface area (Å²) in [4.78, 5) is 2.44. The van der Waals surface area contributed by atoms with Crippen LogP contribution in [0.3, 0.4) is 0 Å². The first-order chi connectivity index (χ1) is 9.37. The summed E-state index contributed by atoms with van der Waals surface area (Å²) in [6.45, 7) is 14.1. The van der Waals surface area contributed by atoms with E-state index < -0.39 is 0 Å². The van der Waals surface area contributed by atoms with Crippen molar-refractivity contribution >= 4 is 21.6 Å². The van der Waals surface area contributed by atoms with Crippen molar-refractivity contribution in [1.82, 2.24) is 5.32 Å². The fourth-order valence-corrected chi connectivity index (χ4v) is 2.56. The van der Waals surface area contributed by atoms with Crippen LogP contribution in [0.5, 0.6) is 0 Å². The summed E-state index contributed by atoms with van der Waals surface area (Å²) in [5.41, 5.74) is 2.77. The second-order valence-corrected chi connectivity index (χ2v) is 7.17. The average Bonchev–Trinajstić information content (AvgIpc) is 2.37. The number of nitrogens with one attached hydrogen (secondary N) is 1. The zero-order valence-corrected chi connectivity index (χ0v) is 15.2. The van der Waals surface area contributed by atoms with Gasteiger partial charge in [0.2, 0.25) is 0 Å². The maximum absolute atomic E-state index is 3.71. The van der Waals surface area contributed by atoms with Gasteiger partial charge in [-0.2, -0.15) is 0 Å². The Kier molecular flexibility index (Phi) is 7.04. The quantitative estimate of drug-likeness (QED) is 0.754. The van der Waals surface area contributed by atoms with Gasteiger partial charge in [-0.15, -0.1) is 0 Å². The van der Waals surface area contributed by atoms with Crippen LogP contribution in [0.25, 0.3) is 0 Å². The molecule has 0 aliphatic carbocycles. The summed E-state index contributed by atoms with van der Waals surface area (Å²) in [5.74, 6) is 0. The minimum atomic E-state index is 0.148. The van der Waals surface area contributed by atoms with Crippen molar-refractivity contribution in [3.05, 3.63) is 28.2 Å². The Morgan fingerprint density at radius 2 is 1.90 bits per heavy atom. The highest BCUT2D eigenvalue weighted by molar-refractivity contribution is 9.10. The number of halogens is 1. The third-order valence-electron chi connectivity index (χ3n) is 3.37. The van der Waals surface area contributed by atoms with Crippen LogP contribution in [0.2, 0.25) is 0 Å². The first kappa shape index (κ1) is 17.5. The van der Waals surface area contributed by atoms with Crippen LogP contribution < -0.4 is 10.2 Å². The maximum atomic E-state index is 3.71. The zero-order chi connectivity index (χ0) is 15.2. The summed E-state index contributed by atoms with van der Waals surface area (Å²) in [5, 5.41) is 3.53. The van der Waals surface area contributed by atoms with Crippen molar-refractivity contribution in [2.45, 2.75) is 59.5 Å². The molecule has 1 aromatic rings. The second kappa shape index (κ2) is 8.04. The molecule has 0 fully saturated rings. The molecule has 1 rings (SSSR count). The van der Waals surface area contributed by atoms with Crippen LogP contribution in [0, 0.1) is 0 Å². The lowest BCUT2D eigenvalue weighted by Gasteiger charge is -2.25. The van der Waals surface area contributed by atoms with Gasteiger partial charge in [0.15, 0.2) is 0 Å². The third-order valence-corrected chi connectivity index (χ3v) is 4.11. The first-order valence-corrected chi connectivity index (χ1v) is 8.45. The lowest BCUT2D eigenvalue weighted by atomic mass is 10.1. The van der Waals surface area contributed by atoms with E-state index in [0.717, 1.165) is 19.6 Å². The van der Waals surface area contributed by atoms with E-state index >= 15 is 0 Å². The standard InChI is InChI=1S/C17H29BrN2/c1-6-8-11-20(7-2)15-10-9-14(16(18)12-15)13-19-17(3,4)5/h9-10,12,19H,6-8,11,13H2,1-5H3. The molecule has 1 N–H and O–H groups in total. The predicted molar refractivity (Wildman–Crippen MR) is 93.5 cm³/mol. The molecule has 0 heterocycles. The number of rotatable bonds is 7. The van der Waals surface area contributed by atoms with Crippen molar-refractivity contribution in [3.8, 4) is 0 Å². The lowest BCUT2D eigenvalue weighted by Crippen LogP contribution is -2.35. The zero-order valence-electron chi connectivity index (χ0n) is 13.6. The molecule has 0 atom stereocenters. The number of anilines is 1. The monoisotopic (exact) mass is 340 g/mol. The highest BCUT2D eigenvalue weighted by Gasteiger charge is 2.11.